The maximum Gasteiger partial charge on any atom is 0.224 e. The van der Waals surface area contributed by atoms with Crippen molar-refractivity contribution in [1.82, 2.24) is 14.5 Å². The second-order valence-corrected chi connectivity index (χ2v) is 5.88. The summed E-state index contributed by atoms with van der Waals surface area (Å²) in [5.41, 5.74) is 7.22. The van der Waals surface area contributed by atoms with Crippen LogP contribution < -0.4 is 5.73 Å². The highest BCUT2D eigenvalue weighted by Crippen LogP contribution is 2.40. The minimum Gasteiger partial charge on any atom is -0.385 e. The van der Waals surface area contributed by atoms with Crippen LogP contribution in [0.2, 0.25) is 5.28 Å². The van der Waals surface area contributed by atoms with Gasteiger partial charge in [0.2, 0.25) is 5.28 Å². The van der Waals surface area contributed by atoms with Gasteiger partial charge in [-0.25, -0.2) is 4.98 Å². The van der Waals surface area contributed by atoms with Crippen molar-refractivity contribution in [3.05, 3.63) is 17.5 Å². The second-order valence-electron chi connectivity index (χ2n) is 5.54. The first-order valence-corrected chi connectivity index (χ1v) is 7.28. The normalized spacial score (nSPS) is 18.3. The summed E-state index contributed by atoms with van der Waals surface area (Å²) in [5.74, 6) is 0.630. The fourth-order valence-corrected chi connectivity index (χ4v) is 3.47. The molecule has 1 fully saturated rings. The molecule has 20 heavy (non-hydrogen) atoms. The lowest BCUT2D eigenvalue weighted by molar-refractivity contribution is 0.289. The predicted molar refractivity (Wildman–Crippen MR) is 81.4 cm³/mol. The van der Waals surface area contributed by atoms with Gasteiger partial charge in [-0.15, -0.1) is 0 Å². The first kappa shape index (κ1) is 13.4. The monoisotopic (exact) mass is 291 g/mol. The molecule has 2 aromatic rings. The Bertz CT molecular complexity index is 669. The Balaban J connectivity index is 2.28. The van der Waals surface area contributed by atoms with Crippen LogP contribution in [0, 0.1) is 5.41 Å². The van der Waals surface area contributed by atoms with Crippen LogP contribution in [0.4, 0.5) is 5.82 Å². The number of rotatable bonds is 2. The SMILES string of the molecule is CC(=N)C1(n2c(N)cc3cnc(Cl)nc32)CCCCC1. The van der Waals surface area contributed by atoms with Crippen LogP contribution in [0.15, 0.2) is 12.3 Å². The number of nitrogens with two attached hydrogens (primary N) is 1. The molecule has 1 saturated carbocycles. The third-order valence-electron chi connectivity index (χ3n) is 4.35. The molecule has 3 rings (SSSR count). The van der Waals surface area contributed by atoms with Crippen molar-refractivity contribution in [3.63, 3.8) is 0 Å². The largest absolute Gasteiger partial charge is 0.385 e. The third-order valence-corrected chi connectivity index (χ3v) is 4.53. The molecule has 0 amide bonds. The molecule has 0 spiro atoms. The summed E-state index contributed by atoms with van der Waals surface area (Å²) in [6, 6.07) is 1.87. The molecular formula is C14H18ClN5. The lowest BCUT2D eigenvalue weighted by atomic mass is 9.78. The smallest absolute Gasteiger partial charge is 0.224 e. The third kappa shape index (κ3) is 1.88. The van der Waals surface area contributed by atoms with Crippen molar-refractivity contribution in [2.24, 2.45) is 0 Å². The Kier molecular flexibility index (Phi) is 3.17. The average molecular weight is 292 g/mol. The van der Waals surface area contributed by atoms with E-state index in [-0.39, 0.29) is 10.8 Å². The fraction of sp³-hybridized carbons (Fsp3) is 0.500. The number of fused-ring (bicyclic) bond motifs is 1. The van der Waals surface area contributed by atoms with Gasteiger partial charge in [0.15, 0.2) is 0 Å². The van der Waals surface area contributed by atoms with Crippen molar-refractivity contribution >= 4 is 34.2 Å². The molecule has 106 valence electrons. The Labute approximate surface area is 122 Å². The number of anilines is 1. The fourth-order valence-electron chi connectivity index (χ4n) is 3.34. The molecule has 3 N–H and O–H groups in total. The molecule has 0 bridgehead atoms. The first-order valence-electron chi connectivity index (χ1n) is 6.90. The zero-order chi connectivity index (χ0) is 14.3. The van der Waals surface area contributed by atoms with E-state index < -0.39 is 0 Å². The number of aromatic nitrogens is 3. The van der Waals surface area contributed by atoms with Crippen molar-refractivity contribution in [3.8, 4) is 0 Å². The number of hydrogen-bond acceptors (Lipinski definition) is 4. The Morgan fingerprint density at radius 1 is 1.40 bits per heavy atom. The van der Waals surface area contributed by atoms with Gasteiger partial charge in [0.05, 0.1) is 5.54 Å². The molecule has 2 heterocycles. The average Bonchev–Trinajstić information content (AvgIpc) is 2.75. The highest BCUT2D eigenvalue weighted by Gasteiger charge is 2.38. The second kappa shape index (κ2) is 4.74. The molecular weight excluding hydrogens is 274 g/mol. The molecule has 0 atom stereocenters. The maximum absolute atomic E-state index is 8.29. The summed E-state index contributed by atoms with van der Waals surface area (Å²) in [6.07, 6.45) is 6.97. The van der Waals surface area contributed by atoms with Crippen LogP contribution in [0.25, 0.3) is 11.0 Å². The minimum atomic E-state index is -0.359. The summed E-state index contributed by atoms with van der Waals surface area (Å²) < 4.78 is 2.00. The molecule has 0 aliphatic heterocycles. The van der Waals surface area contributed by atoms with E-state index in [1.54, 1.807) is 6.20 Å². The highest BCUT2D eigenvalue weighted by atomic mass is 35.5. The molecule has 0 radical (unpaired) electrons. The van der Waals surface area contributed by atoms with Crippen molar-refractivity contribution in [1.29, 1.82) is 5.41 Å². The topological polar surface area (TPSA) is 80.6 Å². The van der Waals surface area contributed by atoms with E-state index in [9.17, 15) is 0 Å². The van der Waals surface area contributed by atoms with Crippen LogP contribution in [-0.2, 0) is 5.54 Å². The summed E-state index contributed by atoms with van der Waals surface area (Å²) >= 11 is 5.93. The summed E-state index contributed by atoms with van der Waals surface area (Å²) in [6.45, 7) is 1.86. The van der Waals surface area contributed by atoms with E-state index in [1.807, 2.05) is 17.6 Å². The molecule has 1 aliphatic rings. The Morgan fingerprint density at radius 3 is 2.75 bits per heavy atom. The van der Waals surface area contributed by atoms with Gasteiger partial charge in [-0.05, 0) is 37.4 Å². The van der Waals surface area contributed by atoms with Gasteiger partial charge >= 0.3 is 0 Å². The number of hydrogen-bond donors (Lipinski definition) is 2. The van der Waals surface area contributed by atoms with Gasteiger partial charge in [0.1, 0.15) is 11.5 Å². The van der Waals surface area contributed by atoms with E-state index in [4.69, 9.17) is 22.7 Å². The molecule has 5 nitrogen and oxygen atoms in total. The van der Waals surface area contributed by atoms with Gasteiger partial charge in [-0.3, -0.25) is 0 Å². The lowest BCUT2D eigenvalue weighted by Crippen LogP contribution is -2.42. The molecule has 1 aliphatic carbocycles. The van der Waals surface area contributed by atoms with Gasteiger partial charge in [0, 0.05) is 17.3 Å². The predicted octanol–water partition coefficient (Wildman–Crippen LogP) is 3.37. The van der Waals surface area contributed by atoms with E-state index in [0.717, 1.165) is 36.7 Å². The summed E-state index contributed by atoms with van der Waals surface area (Å²) in [7, 11) is 0. The van der Waals surface area contributed by atoms with Gasteiger partial charge in [0.25, 0.3) is 0 Å². The van der Waals surface area contributed by atoms with E-state index in [1.165, 1.54) is 6.42 Å². The number of nitrogen functional groups attached to an aromatic ring is 1. The Hall–Kier alpha value is -1.62. The molecule has 0 unspecified atom stereocenters. The first-order chi connectivity index (χ1) is 9.54. The summed E-state index contributed by atoms with van der Waals surface area (Å²) in [4.78, 5) is 8.35. The van der Waals surface area contributed by atoms with Crippen LogP contribution in [0.3, 0.4) is 0 Å². The van der Waals surface area contributed by atoms with E-state index >= 15 is 0 Å². The zero-order valence-electron chi connectivity index (χ0n) is 11.5. The van der Waals surface area contributed by atoms with Crippen LogP contribution >= 0.6 is 11.6 Å². The van der Waals surface area contributed by atoms with E-state index in [2.05, 4.69) is 9.97 Å². The molecule has 0 aromatic carbocycles. The lowest BCUT2D eigenvalue weighted by Gasteiger charge is -2.39. The molecule has 0 saturated heterocycles. The van der Waals surface area contributed by atoms with Crippen molar-refractivity contribution < 1.29 is 0 Å². The highest BCUT2D eigenvalue weighted by molar-refractivity contribution is 6.28. The van der Waals surface area contributed by atoms with E-state index in [0.29, 0.717) is 11.5 Å². The van der Waals surface area contributed by atoms with Gasteiger partial charge in [-0.2, -0.15) is 4.98 Å². The van der Waals surface area contributed by atoms with Gasteiger partial charge < -0.3 is 15.7 Å². The van der Waals surface area contributed by atoms with Crippen molar-refractivity contribution in [2.45, 2.75) is 44.6 Å². The number of nitrogens with one attached hydrogen (secondary N) is 1. The number of nitrogens with zero attached hydrogens (tertiary/aromatic N) is 3. The number of halogens is 1. The zero-order valence-corrected chi connectivity index (χ0v) is 12.2. The minimum absolute atomic E-state index is 0.213. The Morgan fingerprint density at radius 2 is 2.10 bits per heavy atom. The van der Waals surface area contributed by atoms with Crippen LogP contribution in [0.5, 0.6) is 0 Å². The standard InChI is InChI=1S/C14H18ClN5/c1-9(16)14(5-3-2-4-6-14)20-11(17)7-10-8-18-13(15)19-12(10)20/h7-8,16H,2-6,17H2,1H3. The van der Waals surface area contributed by atoms with Crippen LogP contribution in [0.1, 0.15) is 39.0 Å². The van der Waals surface area contributed by atoms with Crippen LogP contribution in [-0.4, -0.2) is 20.2 Å². The van der Waals surface area contributed by atoms with Gasteiger partial charge in [-0.1, -0.05) is 19.3 Å². The summed E-state index contributed by atoms with van der Waals surface area (Å²) in [5, 5.41) is 9.37. The molecule has 6 heteroatoms. The maximum atomic E-state index is 8.29. The van der Waals surface area contributed by atoms with Crippen molar-refractivity contribution in [2.75, 3.05) is 5.73 Å². The quantitative estimate of drug-likeness (QED) is 0.657. The molecule has 2 aromatic heterocycles.